The van der Waals surface area contributed by atoms with E-state index in [1.165, 1.54) is 0 Å². The molecule has 4 nitrogen and oxygen atoms in total. The van der Waals surface area contributed by atoms with Crippen LogP contribution in [-0.2, 0) is 9.59 Å². The molecule has 2 aliphatic carbocycles. The third kappa shape index (κ3) is 9.71. The number of ketones is 2. The number of hydrogen-bond acceptors (Lipinski definition) is 4. The number of aliphatic hydroxyl groups is 2. The van der Waals surface area contributed by atoms with Gasteiger partial charge in [-0.3, -0.25) is 9.59 Å². The number of aliphatic hydroxyl groups excluding tert-OH is 2. The SMILES string of the molecule is CC(/C=C/C=C(C)/C=C/C(=O)[C@]1(C)C[C@@H](O)CC1(C)C)=C\C=C\C=C(C)\C=C\C=C(C)\C=C\C(=O)[C@@]1(C)C[C@H](O)CC1(C)C. The highest BCUT2D eigenvalue weighted by Crippen LogP contribution is 2.54. The van der Waals surface area contributed by atoms with Gasteiger partial charge in [-0.25, -0.2) is 0 Å². The average Bonchev–Trinajstić information content (AvgIpc) is 3.27. The van der Waals surface area contributed by atoms with Crippen LogP contribution in [0.4, 0.5) is 0 Å². The molecule has 0 amide bonds. The van der Waals surface area contributed by atoms with Gasteiger partial charge in [-0.1, -0.05) is 137 Å². The van der Waals surface area contributed by atoms with Crippen LogP contribution in [-0.4, -0.2) is 34.0 Å². The van der Waals surface area contributed by atoms with Crippen LogP contribution in [0.3, 0.4) is 0 Å². The zero-order chi connectivity index (χ0) is 33.3. The lowest BCUT2D eigenvalue weighted by Gasteiger charge is -2.35. The van der Waals surface area contributed by atoms with Crippen LogP contribution in [0.1, 0.15) is 94.9 Å². The summed E-state index contributed by atoms with van der Waals surface area (Å²) in [5.41, 5.74) is 2.65. The van der Waals surface area contributed by atoms with Gasteiger partial charge < -0.3 is 10.2 Å². The second-order valence-electron chi connectivity index (χ2n) is 14.7. The molecular weight excluding hydrogens is 544 g/mol. The van der Waals surface area contributed by atoms with Gasteiger partial charge in [0.15, 0.2) is 11.6 Å². The molecule has 0 aromatic carbocycles. The van der Waals surface area contributed by atoms with Crippen molar-refractivity contribution in [2.45, 2.75) is 107 Å². The Balaban J connectivity index is 1.87. The standard InChI is InChI=1S/C40H56O4/c1-29(17-13-19-31(3)21-23-35(43)39(9)27-33(41)25-37(39,5)6)15-11-12-16-30(2)18-14-20-32(4)22-24-36(44)40(10)28-34(42)26-38(40,7)8/h11-24,33-34,41-42H,25-28H2,1-10H3/b12-11+,17-13+,18-14+,23-21+,24-22+,29-15+,30-16+,31-19+,32-20+/t33-,34+,39-,40+. The molecule has 44 heavy (non-hydrogen) atoms. The normalized spacial score (nSPS) is 30.3. The van der Waals surface area contributed by atoms with Gasteiger partial charge in [-0.05, 0) is 76.4 Å². The van der Waals surface area contributed by atoms with E-state index < -0.39 is 23.0 Å². The fourth-order valence-corrected chi connectivity index (χ4v) is 6.26. The number of carbonyl (C=O) groups is 2. The van der Waals surface area contributed by atoms with Gasteiger partial charge in [0.2, 0.25) is 0 Å². The van der Waals surface area contributed by atoms with Crippen molar-refractivity contribution in [3.63, 3.8) is 0 Å². The molecule has 0 saturated heterocycles. The first-order chi connectivity index (χ1) is 20.3. The predicted octanol–water partition coefficient (Wildman–Crippen LogP) is 9.07. The summed E-state index contributed by atoms with van der Waals surface area (Å²) in [7, 11) is 0. The maximum Gasteiger partial charge on any atom is 0.162 e. The van der Waals surface area contributed by atoms with E-state index in [0.717, 1.165) is 22.3 Å². The van der Waals surface area contributed by atoms with E-state index in [4.69, 9.17) is 0 Å². The van der Waals surface area contributed by atoms with Gasteiger partial charge in [0.25, 0.3) is 0 Å². The Morgan fingerprint density at radius 1 is 0.477 bits per heavy atom. The molecule has 2 rings (SSSR count). The molecule has 0 aromatic rings. The zero-order valence-electron chi connectivity index (χ0n) is 28.8. The molecular formula is C40H56O4. The van der Waals surface area contributed by atoms with Crippen LogP contribution in [0, 0.1) is 21.7 Å². The molecule has 240 valence electrons. The number of rotatable bonds is 12. The largest absolute Gasteiger partial charge is 0.393 e. The molecule has 2 fully saturated rings. The van der Waals surface area contributed by atoms with Crippen LogP contribution in [0.25, 0.3) is 0 Å². The minimum atomic E-state index is -0.542. The predicted molar refractivity (Wildman–Crippen MR) is 185 cm³/mol. The summed E-state index contributed by atoms with van der Waals surface area (Å²) in [5.74, 6) is 0.148. The molecule has 0 heterocycles. The highest BCUT2D eigenvalue weighted by atomic mass is 16.3. The first kappa shape index (κ1) is 37.1. The Morgan fingerprint density at radius 3 is 1.07 bits per heavy atom. The third-order valence-corrected chi connectivity index (χ3v) is 10.1. The Hall–Kier alpha value is -3.08. The van der Waals surface area contributed by atoms with Crippen LogP contribution >= 0.6 is 0 Å². The fourth-order valence-electron chi connectivity index (χ4n) is 6.26. The van der Waals surface area contributed by atoms with Crippen molar-refractivity contribution in [1.82, 2.24) is 0 Å². The van der Waals surface area contributed by atoms with E-state index >= 15 is 0 Å². The summed E-state index contributed by atoms with van der Waals surface area (Å²) < 4.78 is 0. The zero-order valence-corrected chi connectivity index (χ0v) is 28.8. The molecule has 4 heteroatoms. The van der Waals surface area contributed by atoms with Gasteiger partial charge >= 0.3 is 0 Å². The summed E-state index contributed by atoms with van der Waals surface area (Å²) in [6.45, 7) is 20.2. The topological polar surface area (TPSA) is 74.6 Å². The van der Waals surface area contributed by atoms with Crippen molar-refractivity contribution >= 4 is 11.6 Å². The van der Waals surface area contributed by atoms with Gasteiger partial charge in [0.1, 0.15) is 0 Å². The Kier molecular flexibility index (Phi) is 12.9. The molecule has 4 atom stereocenters. The van der Waals surface area contributed by atoms with E-state index in [0.29, 0.717) is 25.7 Å². The maximum atomic E-state index is 12.9. The number of hydrogen-bond donors (Lipinski definition) is 2. The van der Waals surface area contributed by atoms with Crippen LogP contribution in [0.2, 0.25) is 0 Å². The fraction of sp³-hybridized carbons (Fsp3) is 0.500. The minimum Gasteiger partial charge on any atom is -0.393 e. The Bertz CT molecular complexity index is 1230. The quantitative estimate of drug-likeness (QED) is 0.173. The second kappa shape index (κ2) is 15.3. The molecule has 0 unspecified atom stereocenters. The third-order valence-electron chi connectivity index (χ3n) is 10.1. The molecule has 2 aliphatic rings. The molecule has 0 bridgehead atoms. The molecule has 0 aliphatic heterocycles. The summed E-state index contributed by atoms with van der Waals surface area (Å²) in [4.78, 5) is 25.9. The van der Waals surface area contributed by atoms with Crippen molar-refractivity contribution < 1.29 is 19.8 Å². The van der Waals surface area contributed by atoms with E-state index in [-0.39, 0.29) is 22.4 Å². The average molecular weight is 601 g/mol. The molecule has 2 N–H and O–H groups in total. The van der Waals surface area contributed by atoms with Crippen LogP contribution in [0.5, 0.6) is 0 Å². The lowest BCUT2D eigenvalue weighted by Crippen LogP contribution is -2.36. The van der Waals surface area contributed by atoms with Crippen molar-refractivity contribution in [2.24, 2.45) is 21.7 Å². The van der Waals surface area contributed by atoms with Crippen molar-refractivity contribution in [3.8, 4) is 0 Å². The summed E-state index contributed by atoms with van der Waals surface area (Å²) in [6, 6.07) is 0. The highest BCUT2D eigenvalue weighted by molar-refractivity contribution is 5.96. The van der Waals surface area contributed by atoms with E-state index in [9.17, 15) is 19.8 Å². The first-order valence-electron chi connectivity index (χ1n) is 15.9. The Morgan fingerprint density at radius 2 is 0.773 bits per heavy atom. The lowest BCUT2D eigenvalue weighted by atomic mass is 9.66. The minimum absolute atomic E-state index is 0.0742. The van der Waals surface area contributed by atoms with Gasteiger partial charge in [-0.15, -0.1) is 0 Å². The highest BCUT2D eigenvalue weighted by Gasteiger charge is 2.53. The summed E-state index contributed by atoms with van der Waals surface area (Å²) >= 11 is 0. The molecule has 0 spiro atoms. The lowest BCUT2D eigenvalue weighted by molar-refractivity contribution is -0.128. The first-order valence-corrected chi connectivity index (χ1v) is 15.9. The number of allylic oxidation sites excluding steroid dienone is 18. The monoisotopic (exact) mass is 600 g/mol. The van der Waals surface area contributed by atoms with E-state index in [2.05, 4.69) is 27.7 Å². The second-order valence-corrected chi connectivity index (χ2v) is 14.7. The van der Waals surface area contributed by atoms with Crippen molar-refractivity contribution in [2.75, 3.05) is 0 Å². The molecule has 0 radical (unpaired) electrons. The summed E-state index contributed by atoms with van der Waals surface area (Å²) in [6.07, 6.45) is 28.6. The number of carbonyl (C=O) groups excluding carboxylic acids is 2. The van der Waals surface area contributed by atoms with Crippen molar-refractivity contribution in [3.05, 3.63) is 107 Å². The van der Waals surface area contributed by atoms with Crippen molar-refractivity contribution in [1.29, 1.82) is 0 Å². The van der Waals surface area contributed by atoms with E-state index in [1.807, 2.05) is 114 Å². The van der Waals surface area contributed by atoms with Crippen LogP contribution in [0.15, 0.2) is 107 Å². The van der Waals surface area contributed by atoms with Gasteiger partial charge in [-0.2, -0.15) is 0 Å². The maximum absolute atomic E-state index is 12.9. The molecule has 0 aromatic heterocycles. The van der Waals surface area contributed by atoms with Gasteiger partial charge in [0.05, 0.1) is 12.2 Å². The van der Waals surface area contributed by atoms with E-state index in [1.54, 1.807) is 12.2 Å². The summed E-state index contributed by atoms with van der Waals surface area (Å²) in [5, 5.41) is 20.2. The van der Waals surface area contributed by atoms with Crippen LogP contribution < -0.4 is 0 Å². The molecule has 2 saturated carbocycles. The van der Waals surface area contributed by atoms with Gasteiger partial charge in [0, 0.05) is 10.8 Å². The smallest absolute Gasteiger partial charge is 0.162 e. The Labute approximate surface area is 267 Å².